The van der Waals surface area contributed by atoms with Crippen LogP contribution in [0.25, 0.3) is 0 Å². The number of carbonyl (C=O) groups is 9. The van der Waals surface area contributed by atoms with Gasteiger partial charge in [-0.2, -0.15) is 0 Å². The molecule has 1 saturated carbocycles. The summed E-state index contributed by atoms with van der Waals surface area (Å²) in [5.41, 5.74) is 3.54. The van der Waals surface area contributed by atoms with Crippen molar-refractivity contribution in [2.75, 3.05) is 67.4 Å². The van der Waals surface area contributed by atoms with Crippen molar-refractivity contribution in [2.45, 2.75) is 218 Å². The van der Waals surface area contributed by atoms with Crippen molar-refractivity contribution >= 4 is 68.9 Å². The van der Waals surface area contributed by atoms with Gasteiger partial charge in [-0.25, -0.2) is 8.42 Å². The zero-order chi connectivity index (χ0) is 68.9. The zero-order valence-corrected chi connectivity index (χ0v) is 58.7. The molecule has 0 aromatic heterocycles. The van der Waals surface area contributed by atoms with Crippen molar-refractivity contribution in [1.29, 1.82) is 0 Å². The van der Waals surface area contributed by atoms with E-state index in [1.165, 1.54) is 14.2 Å². The zero-order valence-electron chi connectivity index (χ0n) is 57.8. The Kier molecular flexibility index (Phi) is 30.7. The maximum atomic E-state index is 14.6. The number of carbonyl (C=O) groups excluding carboxylic acids is 9. The molecular weight excluding hydrogens is 1210 g/mol. The van der Waals surface area contributed by atoms with E-state index in [2.05, 4.69) is 31.3 Å². The van der Waals surface area contributed by atoms with Gasteiger partial charge in [0.15, 0.2) is 0 Å². The fraction of sp³-hybridized carbons (Fsp3) is 0.696. The molecule has 520 valence electrons. The summed E-state index contributed by atoms with van der Waals surface area (Å²) >= 11 is 0. The van der Waals surface area contributed by atoms with Crippen LogP contribution in [0.1, 0.15) is 162 Å². The number of benzene rings is 2. The van der Waals surface area contributed by atoms with Crippen molar-refractivity contribution in [3.8, 4) is 0 Å². The summed E-state index contributed by atoms with van der Waals surface area (Å²) in [6, 6.07) is 11.0. The maximum absolute atomic E-state index is 14.6. The van der Waals surface area contributed by atoms with Crippen molar-refractivity contribution in [2.24, 2.45) is 29.6 Å². The van der Waals surface area contributed by atoms with Gasteiger partial charge in [-0.3, -0.25) is 52.8 Å². The van der Waals surface area contributed by atoms with Crippen LogP contribution in [0.2, 0.25) is 0 Å². The van der Waals surface area contributed by atoms with Crippen LogP contribution in [-0.4, -0.2) is 197 Å². The quantitative estimate of drug-likeness (QED) is 0.0454. The number of likely N-dealkylation sites (N-methyl/N-ethyl adjacent to an activating group) is 2. The molecule has 1 aliphatic carbocycles. The molecular formula is C69H110N10O13S. The van der Waals surface area contributed by atoms with Crippen LogP contribution < -0.4 is 31.3 Å². The number of unbranched alkanes of at least 4 members (excludes halogenated alkanes) is 3. The highest BCUT2D eigenvalue weighted by molar-refractivity contribution is 7.90. The molecule has 3 fully saturated rings. The third kappa shape index (κ3) is 22.9. The highest BCUT2D eigenvalue weighted by Crippen LogP contribution is 2.31. The first-order valence-electron chi connectivity index (χ1n) is 33.8. The highest BCUT2D eigenvalue weighted by atomic mass is 32.2. The van der Waals surface area contributed by atoms with Crippen molar-refractivity contribution in [3.63, 3.8) is 0 Å². The minimum atomic E-state index is -3.96. The second-order valence-corrected chi connectivity index (χ2v) is 28.9. The molecule has 2 aromatic carbocycles. The van der Waals surface area contributed by atoms with E-state index in [4.69, 9.17) is 9.47 Å². The maximum Gasteiger partial charge on any atom is 0.256 e. The molecule has 0 spiro atoms. The summed E-state index contributed by atoms with van der Waals surface area (Å²) in [5.74, 6) is -4.42. The van der Waals surface area contributed by atoms with E-state index in [-0.39, 0.29) is 84.8 Å². The van der Waals surface area contributed by atoms with Gasteiger partial charge in [-0.15, -0.1) is 0 Å². The fourth-order valence-electron chi connectivity index (χ4n) is 13.0. The van der Waals surface area contributed by atoms with Gasteiger partial charge in [0.1, 0.15) is 18.1 Å². The van der Waals surface area contributed by atoms with Gasteiger partial charge in [0, 0.05) is 78.8 Å². The van der Waals surface area contributed by atoms with E-state index in [9.17, 15) is 51.6 Å². The Bertz CT molecular complexity index is 2910. The second kappa shape index (κ2) is 37.0. The molecule has 3 aliphatic rings. The van der Waals surface area contributed by atoms with E-state index in [0.717, 1.165) is 55.2 Å². The first kappa shape index (κ1) is 77.2. The van der Waals surface area contributed by atoms with Gasteiger partial charge in [0.05, 0.1) is 47.9 Å². The molecule has 5 rings (SSSR count). The summed E-state index contributed by atoms with van der Waals surface area (Å²) in [5, 5.41) is 13.4. The predicted molar refractivity (Wildman–Crippen MR) is 359 cm³/mol. The normalized spacial score (nSPS) is 18.3. The van der Waals surface area contributed by atoms with E-state index in [1.807, 2.05) is 109 Å². The molecule has 6 N–H and O–H groups in total. The second-order valence-electron chi connectivity index (χ2n) is 26.9. The number of ether oxygens (including phenoxy) is 2. The average molecular weight is 1320 g/mol. The minimum Gasteiger partial charge on any atom is -0.379 e. The highest BCUT2D eigenvalue weighted by Gasteiger charge is 2.45. The number of hydrogen-bond donors (Lipinski definition) is 6. The largest absolute Gasteiger partial charge is 0.379 e. The lowest BCUT2D eigenvalue weighted by atomic mass is 9.89. The number of anilines is 1. The number of hydrogen-bond acceptors (Lipinski definition) is 14. The summed E-state index contributed by atoms with van der Waals surface area (Å²) in [4.78, 5) is 128. The van der Waals surface area contributed by atoms with Crippen molar-refractivity contribution < 1.29 is 61.0 Å². The lowest BCUT2D eigenvalue weighted by Crippen LogP contribution is -2.59. The number of rotatable bonds is 37. The summed E-state index contributed by atoms with van der Waals surface area (Å²) in [6.45, 7) is 16.3. The van der Waals surface area contributed by atoms with Gasteiger partial charge in [-0.1, -0.05) is 104 Å². The Balaban J connectivity index is 1.11. The molecule has 9 amide bonds. The van der Waals surface area contributed by atoms with Gasteiger partial charge in [0.25, 0.3) is 5.91 Å². The lowest BCUT2D eigenvalue weighted by molar-refractivity contribution is -0.148. The molecule has 0 unspecified atom stereocenters. The Morgan fingerprint density at radius 3 is 1.77 bits per heavy atom. The minimum absolute atomic E-state index is 0.00202. The van der Waals surface area contributed by atoms with Crippen LogP contribution in [0.5, 0.6) is 0 Å². The third-order valence-electron chi connectivity index (χ3n) is 19.0. The van der Waals surface area contributed by atoms with Gasteiger partial charge < -0.3 is 50.8 Å². The van der Waals surface area contributed by atoms with E-state index >= 15 is 0 Å². The molecule has 24 heteroatoms. The van der Waals surface area contributed by atoms with Gasteiger partial charge in [0.2, 0.25) is 57.3 Å². The number of piperidine rings is 1. The van der Waals surface area contributed by atoms with Crippen LogP contribution >= 0.6 is 0 Å². The molecule has 2 aliphatic heterocycles. The van der Waals surface area contributed by atoms with E-state index < -0.39 is 87.4 Å². The Hall–Kier alpha value is -6.50. The first-order chi connectivity index (χ1) is 44.0. The standard InChI is InChI=1S/C69H110N10O13S/c1-15-45(6)62(77(12)69(88)60(43(2)3)74-68(87)61(44(4)5)76(10)11)56(91-13)42-59(82)79-38-20-23-55(79)63(92-14)46(7)64(83)73-54(67(86)75-93(89,90)53-32-33-53)41-50-26-24-48(25-27-50)21-18-16-17-19-22-49-28-30-52(31-29-49)72-65(84)47(8)71-57(80)34-35-58(81)78-39-36-51(37-40-78)66(85)70-9/h24-31,43-47,51,53-56,60-63H,15-23,32-42H2,1-14H3,(H,70,85)(H,71,80)(H,72,84)(H,73,83)(H,74,87)(H,75,86)/t45-,46+,47-,54-,55-,56+,60-,61-,62-,63+/m0/s1. The molecule has 0 radical (unpaired) electrons. The SMILES string of the molecule is CC[C@H](C)[C@@H]([C@@H](CC(=O)N1CCC[C@H]1[C@H](OC)[C@@H](C)C(=O)N[C@@H](Cc1ccc(CCCCCCc2ccc(NC(=O)[C@H](C)NC(=O)CCC(=O)N3CCC(C(=O)NC)CC3)cc2)cc1)C(=O)NS(=O)(=O)C1CC1)OC)N(C)C(=O)[C@@H](NC(=O)[C@H](C(C)C)N(C)C)C(C)C. The Morgan fingerprint density at radius 1 is 0.656 bits per heavy atom. The van der Waals surface area contributed by atoms with Crippen LogP contribution in [-0.2, 0) is 81.9 Å². The van der Waals surface area contributed by atoms with Crippen LogP contribution in [0.4, 0.5) is 5.69 Å². The van der Waals surface area contributed by atoms with E-state index in [1.54, 1.807) is 42.6 Å². The first-order valence-corrected chi connectivity index (χ1v) is 35.3. The third-order valence-corrected chi connectivity index (χ3v) is 20.8. The number of sulfonamides is 1. The molecule has 0 bridgehead atoms. The number of likely N-dealkylation sites (tertiary alicyclic amines) is 2. The molecule has 23 nitrogen and oxygen atoms in total. The smallest absolute Gasteiger partial charge is 0.256 e. The Labute approximate surface area is 553 Å². The summed E-state index contributed by atoms with van der Waals surface area (Å²) in [6.07, 6.45) is 7.89. The summed E-state index contributed by atoms with van der Waals surface area (Å²) in [7, 11) is 6.02. The molecule has 2 heterocycles. The number of nitrogens with one attached hydrogen (secondary N) is 6. The molecule has 2 aromatic rings. The topological polar surface area (TPSA) is 291 Å². The van der Waals surface area contributed by atoms with Gasteiger partial charge in [-0.05, 0) is 132 Å². The van der Waals surface area contributed by atoms with Crippen LogP contribution in [0, 0.1) is 29.6 Å². The fourth-order valence-corrected chi connectivity index (χ4v) is 14.4. The van der Waals surface area contributed by atoms with E-state index in [0.29, 0.717) is 70.3 Å². The van der Waals surface area contributed by atoms with Crippen LogP contribution in [0.3, 0.4) is 0 Å². The average Bonchev–Trinajstić information content (AvgIpc) is 1.82. The van der Waals surface area contributed by atoms with Crippen molar-refractivity contribution in [3.05, 3.63) is 65.2 Å². The van der Waals surface area contributed by atoms with Gasteiger partial charge >= 0.3 is 0 Å². The molecule has 2 saturated heterocycles. The Morgan fingerprint density at radius 2 is 1.25 bits per heavy atom. The molecule has 10 atom stereocenters. The monoisotopic (exact) mass is 1320 g/mol. The number of amides is 9. The number of methoxy groups -OCH3 is 2. The number of nitrogens with zero attached hydrogens (tertiary/aromatic N) is 4. The lowest BCUT2D eigenvalue weighted by Gasteiger charge is -2.41. The number of aryl methyl sites for hydroxylation is 2. The van der Waals surface area contributed by atoms with Crippen molar-refractivity contribution in [1.82, 2.24) is 45.6 Å². The summed E-state index contributed by atoms with van der Waals surface area (Å²) < 4.78 is 40.6. The predicted octanol–water partition coefficient (Wildman–Crippen LogP) is 5.52. The van der Waals surface area contributed by atoms with Crippen LogP contribution in [0.15, 0.2) is 48.5 Å². The molecule has 93 heavy (non-hydrogen) atoms.